The fourth-order valence-corrected chi connectivity index (χ4v) is 5.11. The second-order valence-electron chi connectivity index (χ2n) is 8.44. The van der Waals surface area contributed by atoms with E-state index >= 15 is 0 Å². The van der Waals surface area contributed by atoms with Gasteiger partial charge in [0.2, 0.25) is 0 Å². The van der Waals surface area contributed by atoms with Crippen molar-refractivity contribution in [3.05, 3.63) is 83.0 Å². The normalized spacial score (nSPS) is 21.4. The van der Waals surface area contributed by atoms with Crippen molar-refractivity contribution in [2.24, 2.45) is 0 Å². The highest BCUT2D eigenvalue weighted by Crippen LogP contribution is 2.38. The van der Waals surface area contributed by atoms with Gasteiger partial charge in [0.05, 0.1) is 18.5 Å². The number of ether oxygens (including phenoxy) is 2. The minimum Gasteiger partial charge on any atom is -0.456 e. The van der Waals surface area contributed by atoms with Crippen LogP contribution in [0.1, 0.15) is 35.1 Å². The summed E-state index contributed by atoms with van der Waals surface area (Å²) in [5.41, 5.74) is 3.36. The molecule has 0 bridgehead atoms. The molecule has 0 aliphatic carbocycles. The van der Waals surface area contributed by atoms with Crippen LogP contribution in [0, 0.1) is 0 Å². The van der Waals surface area contributed by atoms with Crippen LogP contribution in [0.2, 0.25) is 5.02 Å². The number of halogens is 1. The van der Waals surface area contributed by atoms with Gasteiger partial charge in [0.15, 0.2) is 0 Å². The number of hydrogen-bond acceptors (Lipinski definition) is 6. The summed E-state index contributed by atoms with van der Waals surface area (Å²) in [6, 6.07) is 10.1. The predicted octanol–water partition coefficient (Wildman–Crippen LogP) is 3.62. The maximum atomic E-state index is 6.34. The van der Waals surface area contributed by atoms with Crippen molar-refractivity contribution in [3.63, 3.8) is 0 Å². The number of aromatic nitrogens is 4. The molecule has 0 radical (unpaired) electrons. The van der Waals surface area contributed by atoms with Gasteiger partial charge in [-0.25, -0.2) is 0 Å². The lowest BCUT2D eigenvalue weighted by Crippen LogP contribution is -2.35. The molecule has 0 unspecified atom stereocenters. The van der Waals surface area contributed by atoms with Gasteiger partial charge < -0.3 is 9.47 Å². The van der Waals surface area contributed by atoms with E-state index in [2.05, 4.69) is 36.8 Å². The van der Waals surface area contributed by atoms with E-state index < -0.39 is 5.79 Å². The SMILES string of the molecule is Clc1ccc2c(c1)CC1(Cc3nnc([C@H]4CCN(Cc5cccnc5)C4)n3-2)OC=CO1. The molecule has 1 saturated heterocycles. The zero-order chi connectivity index (χ0) is 20.8. The number of rotatable bonds is 3. The lowest BCUT2D eigenvalue weighted by Gasteiger charge is -2.25. The Balaban J connectivity index is 1.34. The van der Waals surface area contributed by atoms with Crippen molar-refractivity contribution in [2.45, 2.75) is 37.5 Å². The Morgan fingerprint density at radius 3 is 2.87 bits per heavy atom. The number of benzene rings is 1. The summed E-state index contributed by atoms with van der Waals surface area (Å²) in [6.07, 6.45) is 9.11. The van der Waals surface area contributed by atoms with Crippen LogP contribution >= 0.6 is 11.6 Å². The largest absolute Gasteiger partial charge is 0.456 e. The molecule has 0 saturated carbocycles. The van der Waals surface area contributed by atoms with Crippen LogP contribution in [0.3, 0.4) is 0 Å². The van der Waals surface area contributed by atoms with Crippen molar-refractivity contribution < 1.29 is 9.47 Å². The molecule has 158 valence electrons. The lowest BCUT2D eigenvalue weighted by molar-refractivity contribution is -0.139. The molecule has 1 aromatic carbocycles. The molecule has 3 aliphatic rings. The van der Waals surface area contributed by atoms with Gasteiger partial charge in [-0.2, -0.15) is 0 Å². The molecular weight excluding hydrogens is 414 g/mol. The summed E-state index contributed by atoms with van der Waals surface area (Å²) in [7, 11) is 0. The third-order valence-electron chi connectivity index (χ3n) is 6.31. The molecule has 0 amide bonds. The first kappa shape index (κ1) is 18.8. The molecule has 2 aromatic heterocycles. The van der Waals surface area contributed by atoms with E-state index in [9.17, 15) is 0 Å². The molecule has 1 fully saturated rings. The molecule has 3 aromatic rings. The summed E-state index contributed by atoms with van der Waals surface area (Å²) in [4.78, 5) is 6.69. The topological polar surface area (TPSA) is 65.3 Å². The third-order valence-corrected chi connectivity index (χ3v) is 6.55. The van der Waals surface area contributed by atoms with E-state index in [0.29, 0.717) is 23.8 Å². The quantitative estimate of drug-likeness (QED) is 0.626. The summed E-state index contributed by atoms with van der Waals surface area (Å²) < 4.78 is 14.0. The van der Waals surface area contributed by atoms with Crippen LogP contribution in [0.15, 0.2) is 55.2 Å². The van der Waals surface area contributed by atoms with Gasteiger partial charge in [0.1, 0.15) is 24.2 Å². The fourth-order valence-electron chi connectivity index (χ4n) is 4.91. The molecule has 1 spiro atoms. The van der Waals surface area contributed by atoms with E-state index in [-0.39, 0.29) is 0 Å². The summed E-state index contributed by atoms with van der Waals surface area (Å²) in [5, 5.41) is 9.92. The van der Waals surface area contributed by atoms with E-state index in [4.69, 9.17) is 21.1 Å². The summed E-state index contributed by atoms with van der Waals surface area (Å²) >= 11 is 6.34. The van der Waals surface area contributed by atoms with Crippen LogP contribution in [0.5, 0.6) is 0 Å². The van der Waals surface area contributed by atoms with Gasteiger partial charge in [-0.1, -0.05) is 17.7 Å². The van der Waals surface area contributed by atoms with Crippen LogP contribution < -0.4 is 0 Å². The second kappa shape index (κ2) is 7.35. The molecule has 0 N–H and O–H groups in total. The molecule has 7 nitrogen and oxygen atoms in total. The monoisotopic (exact) mass is 435 g/mol. The first-order chi connectivity index (χ1) is 15.2. The van der Waals surface area contributed by atoms with E-state index in [1.54, 1.807) is 12.5 Å². The molecule has 31 heavy (non-hydrogen) atoms. The number of nitrogens with zero attached hydrogens (tertiary/aromatic N) is 5. The van der Waals surface area contributed by atoms with E-state index in [0.717, 1.165) is 49.0 Å². The van der Waals surface area contributed by atoms with Crippen molar-refractivity contribution in [1.29, 1.82) is 0 Å². The molecule has 6 rings (SSSR count). The number of pyridine rings is 1. The number of fused-ring (bicyclic) bond motifs is 3. The van der Waals surface area contributed by atoms with Crippen LogP contribution in [-0.2, 0) is 28.9 Å². The zero-order valence-electron chi connectivity index (χ0n) is 16.9. The molecular formula is C23H22ClN5O2. The van der Waals surface area contributed by atoms with Gasteiger partial charge in [-0.3, -0.25) is 14.5 Å². The first-order valence-electron chi connectivity index (χ1n) is 10.5. The van der Waals surface area contributed by atoms with Crippen molar-refractivity contribution in [1.82, 2.24) is 24.6 Å². The van der Waals surface area contributed by atoms with Gasteiger partial charge >= 0.3 is 0 Å². The number of likely N-dealkylation sites (tertiary alicyclic amines) is 1. The van der Waals surface area contributed by atoms with Gasteiger partial charge in [0.25, 0.3) is 5.79 Å². The van der Waals surface area contributed by atoms with E-state index in [1.807, 2.05) is 30.6 Å². The Labute approximate surface area is 185 Å². The summed E-state index contributed by atoms with van der Waals surface area (Å²) in [5.74, 6) is 1.36. The third kappa shape index (κ3) is 3.38. The highest BCUT2D eigenvalue weighted by molar-refractivity contribution is 6.30. The average molecular weight is 436 g/mol. The van der Waals surface area contributed by atoms with Crippen LogP contribution in [0.25, 0.3) is 5.69 Å². The number of hydrogen-bond donors (Lipinski definition) is 0. The maximum absolute atomic E-state index is 6.34. The standard InChI is InChI=1S/C23H22ClN5O2/c24-19-3-4-20-18(10-19)11-23(30-8-9-31-23)12-21-26-27-22(29(20)21)17-5-7-28(15-17)14-16-2-1-6-25-13-16/h1-4,6,8-10,13,17H,5,7,11-12,14-15H2/t17-/m0/s1. The van der Waals surface area contributed by atoms with Gasteiger partial charge in [-0.05, 0) is 48.4 Å². The van der Waals surface area contributed by atoms with Gasteiger partial charge in [0, 0.05) is 36.4 Å². The van der Waals surface area contributed by atoms with Crippen molar-refractivity contribution >= 4 is 11.6 Å². The molecule has 5 heterocycles. The average Bonchev–Trinajstić information content (AvgIpc) is 3.49. The molecule has 3 aliphatic heterocycles. The maximum Gasteiger partial charge on any atom is 0.260 e. The predicted molar refractivity (Wildman–Crippen MR) is 115 cm³/mol. The Kier molecular flexibility index (Phi) is 4.47. The fraction of sp³-hybridized carbons (Fsp3) is 0.348. The Morgan fingerprint density at radius 2 is 2.03 bits per heavy atom. The minimum absolute atomic E-state index is 0.305. The second-order valence-corrected chi connectivity index (χ2v) is 8.87. The lowest BCUT2D eigenvalue weighted by atomic mass is 10.0. The van der Waals surface area contributed by atoms with Crippen LogP contribution in [0.4, 0.5) is 0 Å². The molecule has 1 atom stereocenters. The minimum atomic E-state index is -0.792. The zero-order valence-corrected chi connectivity index (χ0v) is 17.7. The highest BCUT2D eigenvalue weighted by Gasteiger charge is 2.43. The highest BCUT2D eigenvalue weighted by atomic mass is 35.5. The smallest absolute Gasteiger partial charge is 0.260 e. The Hall–Kier alpha value is -2.90. The first-order valence-corrected chi connectivity index (χ1v) is 10.9. The van der Waals surface area contributed by atoms with E-state index in [1.165, 1.54) is 5.56 Å². The van der Waals surface area contributed by atoms with Crippen LogP contribution in [-0.4, -0.2) is 43.5 Å². The Bertz CT molecular complexity index is 1140. The van der Waals surface area contributed by atoms with Crippen molar-refractivity contribution in [3.8, 4) is 5.69 Å². The Morgan fingerprint density at radius 1 is 1.13 bits per heavy atom. The van der Waals surface area contributed by atoms with Crippen molar-refractivity contribution in [2.75, 3.05) is 13.1 Å². The molecule has 8 heteroatoms. The van der Waals surface area contributed by atoms with Gasteiger partial charge in [-0.15, -0.1) is 10.2 Å². The summed E-state index contributed by atoms with van der Waals surface area (Å²) in [6.45, 7) is 2.86.